The number of aromatic nitrogens is 2. The topological polar surface area (TPSA) is 64.9 Å². The second kappa shape index (κ2) is 4.41. The Balaban J connectivity index is 1.72. The van der Waals surface area contributed by atoms with Crippen molar-refractivity contribution in [1.82, 2.24) is 10.1 Å². The van der Waals surface area contributed by atoms with E-state index in [2.05, 4.69) is 17.1 Å². The molecule has 17 heavy (non-hydrogen) atoms. The molecule has 2 saturated carbocycles. The van der Waals surface area contributed by atoms with E-state index in [1.165, 1.54) is 25.7 Å². The average Bonchev–Trinajstić information content (AvgIpc) is 3.05. The van der Waals surface area contributed by atoms with Crippen LogP contribution in [0.3, 0.4) is 0 Å². The van der Waals surface area contributed by atoms with Crippen LogP contribution < -0.4 is 5.73 Å². The van der Waals surface area contributed by atoms with Crippen molar-refractivity contribution in [2.24, 2.45) is 17.6 Å². The normalized spacial score (nSPS) is 33.2. The molecule has 1 heterocycles. The van der Waals surface area contributed by atoms with E-state index in [1.807, 2.05) is 0 Å². The first-order valence-corrected chi connectivity index (χ1v) is 6.81. The van der Waals surface area contributed by atoms with Gasteiger partial charge < -0.3 is 10.3 Å². The largest absolute Gasteiger partial charge is 0.339 e. The van der Waals surface area contributed by atoms with Crippen molar-refractivity contribution in [1.29, 1.82) is 0 Å². The van der Waals surface area contributed by atoms with Crippen LogP contribution >= 0.6 is 0 Å². The van der Waals surface area contributed by atoms with Crippen LogP contribution in [0.2, 0.25) is 0 Å². The maximum absolute atomic E-state index is 5.56. The van der Waals surface area contributed by atoms with Crippen LogP contribution in [0, 0.1) is 11.8 Å². The summed E-state index contributed by atoms with van der Waals surface area (Å²) in [7, 11) is 0. The Kier molecular flexibility index (Phi) is 2.90. The molecule has 94 valence electrons. The summed E-state index contributed by atoms with van der Waals surface area (Å²) in [4.78, 5) is 4.60. The molecule has 0 spiro atoms. The molecule has 2 N–H and O–H groups in total. The number of hydrogen-bond acceptors (Lipinski definition) is 4. The van der Waals surface area contributed by atoms with Gasteiger partial charge in [-0.1, -0.05) is 18.5 Å². The fraction of sp³-hybridized carbons (Fsp3) is 0.846. The molecule has 4 heteroatoms. The zero-order valence-electron chi connectivity index (χ0n) is 10.4. The zero-order chi connectivity index (χ0) is 11.8. The van der Waals surface area contributed by atoms with Crippen molar-refractivity contribution in [2.75, 3.05) is 6.54 Å². The molecule has 0 aromatic carbocycles. The molecule has 3 rings (SSSR count). The van der Waals surface area contributed by atoms with Gasteiger partial charge in [0.2, 0.25) is 5.89 Å². The van der Waals surface area contributed by atoms with E-state index in [4.69, 9.17) is 10.3 Å². The number of rotatable bonds is 4. The summed E-state index contributed by atoms with van der Waals surface area (Å²) in [6, 6.07) is 0. The number of fused-ring (bicyclic) bond motifs is 2. The summed E-state index contributed by atoms with van der Waals surface area (Å²) in [6.07, 6.45) is 6.34. The van der Waals surface area contributed by atoms with Gasteiger partial charge in [-0.25, -0.2) is 0 Å². The highest BCUT2D eigenvalue weighted by molar-refractivity contribution is 5.07. The highest BCUT2D eigenvalue weighted by Crippen LogP contribution is 2.52. The van der Waals surface area contributed by atoms with Gasteiger partial charge in [0.1, 0.15) is 0 Å². The van der Waals surface area contributed by atoms with Crippen LogP contribution in [0.1, 0.15) is 62.6 Å². The number of nitrogens with two attached hydrogens (primary N) is 1. The molecular weight excluding hydrogens is 214 g/mol. The standard InChI is InChI=1S/C13H21N3O/c1-8(4-5-14)13-15-12(16-17-13)11-7-9-2-3-10(11)6-9/h8-11H,2-7,14H2,1H3. The van der Waals surface area contributed by atoms with Gasteiger partial charge >= 0.3 is 0 Å². The number of hydrogen-bond donors (Lipinski definition) is 1. The molecule has 1 aromatic heterocycles. The maximum Gasteiger partial charge on any atom is 0.229 e. The van der Waals surface area contributed by atoms with Gasteiger partial charge in [-0.3, -0.25) is 0 Å². The van der Waals surface area contributed by atoms with E-state index >= 15 is 0 Å². The van der Waals surface area contributed by atoms with Crippen LogP contribution in [0.5, 0.6) is 0 Å². The molecule has 0 amide bonds. The van der Waals surface area contributed by atoms with Gasteiger partial charge in [0.25, 0.3) is 0 Å². The van der Waals surface area contributed by atoms with E-state index in [0.717, 1.165) is 30.0 Å². The van der Waals surface area contributed by atoms with Crippen molar-refractivity contribution < 1.29 is 4.52 Å². The Labute approximate surface area is 102 Å². The molecule has 4 nitrogen and oxygen atoms in total. The van der Waals surface area contributed by atoms with E-state index in [1.54, 1.807) is 0 Å². The predicted molar refractivity (Wildman–Crippen MR) is 64.6 cm³/mol. The van der Waals surface area contributed by atoms with Crippen molar-refractivity contribution >= 4 is 0 Å². The summed E-state index contributed by atoms with van der Waals surface area (Å²) in [6.45, 7) is 2.78. The molecule has 2 bridgehead atoms. The lowest BCUT2D eigenvalue weighted by atomic mass is 9.88. The molecule has 0 radical (unpaired) electrons. The lowest BCUT2D eigenvalue weighted by Crippen LogP contribution is -2.10. The summed E-state index contributed by atoms with van der Waals surface area (Å²) in [5.74, 6) is 4.32. The quantitative estimate of drug-likeness (QED) is 0.870. The Bertz CT molecular complexity index is 390. The lowest BCUT2D eigenvalue weighted by Gasteiger charge is -2.17. The van der Waals surface area contributed by atoms with Crippen molar-refractivity contribution in [3.63, 3.8) is 0 Å². The first kappa shape index (κ1) is 11.2. The second-order valence-corrected chi connectivity index (χ2v) is 5.75. The van der Waals surface area contributed by atoms with Gasteiger partial charge in [-0.2, -0.15) is 4.98 Å². The van der Waals surface area contributed by atoms with E-state index in [0.29, 0.717) is 18.4 Å². The Morgan fingerprint density at radius 2 is 2.29 bits per heavy atom. The Morgan fingerprint density at radius 3 is 2.94 bits per heavy atom. The van der Waals surface area contributed by atoms with Crippen LogP contribution in [0.25, 0.3) is 0 Å². The lowest BCUT2D eigenvalue weighted by molar-refractivity contribution is 0.337. The maximum atomic E-state index is 5.56. The third-order valence-electron chi connectivity index (χ3n) is 4.55. The van der Waals surface area contributed by atoms with E-state index in [9.17, 15) is 0 Å². The average molecular weight is 235 g/mol. The first-order chi connectivity index (χ1) is 8.28. The molecule has 4 unspecified atom stereocenters. The molecule has 2 aliphatic rings. The van der Waals surface area contributed by atoms with Crippen molar-refractivity contribution in [3.05, 3.63) is 11.7 Å². The summed E-state index contributed by atoms with van der Waals surface area (Å²) >= 11 is 0. The van der Waals surface area contributed by atoms with Gasteiger partial charge in [0.05, 0.1) is 0 Å². The minimum absolute atomic E-state index is 0.292. The van der Waals surface area contributed by atoms with Crippen molar-refractivity contribution in [3.8, 4) is 0 Å². The molecule has 0 aliphatic heterocycles. The molecule has 2 fully saturated rings. The van der Waals surface area contributed by atoms with Gasteiger partial charge in [0.15, 0.2) is 5.82 Å². The molecule has 0 saturated heterocycles. The van der Waals surface area contributed by atoms with Gasteiger partial charge in [-0.05, 0) is 44.1 Å². The highest BCUT2D eigenvalue weighted by Gasteiger charge is 2.42. The fourth-order valence-electron chi connectivity index (χ4n) is 3.53. The van der Waals surface area contributed by atoms with Crippen LogP contribution in [0.4, 0.5) is 0 Å². The van der Waals surface area contributed by atoms with Crippen LogP contribution in [-0.4, -0.2) is 16.7 Å². The third kappa shape index (κ3) is 1.99. The summed E-state index contributed by atoms with van der Waals surface area (Å²) < 4.78 is 5.38. The zero-order valence-corrected chi connectivity index (χ0v) is 10.4. The number of nitrogens with zero attached hydrogens (tertiary/aromatic N) is 2. The van der Waals surface area contributed by atoms with E-state index in [-0.39, 0.29) is 0 Å². The predicted octanol–water partition coefficient (Wildman–Crippen LogP) is 2.43. The fourth-order valence-corrected chi connectivity index (χ4v) is 3.53. The van der Waals surface area contributed by atoms with Crippen LogP contribution in [-0.2, 0) is 0 Å². The third-order valence-corrected chi connectivity index (χ3v) is 4.55. The van der Waals surface area contributed by atoms with E-state index < -0.39 is 0 Å². The minimum atomic E-state index is 0.292. The Morgan fingerprint density at radius 1 is 1.41 bits per heavy atom. The Hall–Kier alpha value is -0.900. The smallest absolute Gasteiger partial charge is 0.229 e. The molecule has 2 aliphatic carbocycles. The summed E-state index contributed by atoms with van der Waals surface area (Å²) in [5.41, 5.74) is 5.56. The second-order valence-electron chi connectivity index (χ2n) is 5.75. The van der Waals surface area contributed by atoms with Gasteiger partial charge in [0, 0.05) is 11.8 Å². The molecular formula is C13H21N3O. The minimum Gasteiger partial charge on any atom is -0.339 e. The molecule has 1 aromatic rings. The SMILES string of the molecule is CC(CCN)c1nc(C2CC3CCC2C3)no1. The summed E-state index contributed by atoms with van der Waals surface area (Å²) in [5, 5.41) is 4.19. The van der Waals surface area contributed by atoms with Crippen LogP contribution in [0.15, 0.2) is 4.52 Å². The monoisotopic (exact) mass is 235 g/mol. The van der Waals surface area contributed by atoms with Gasteiger partial charge in [-0.15, -0.1) is 0 Å². The first-order valence-electron chi connectivity index (χ1n) is 6.81. The van der Waals surface area contributed by atoms with Crippen molar-refractivity contribution in [2.45, 2.75) is 50.9 Å². The highest BCUT2D eigenvalue weighted by atomic mass is 16.5. The molecule has 4 atom stereocenters.